The van der Waals surface area contributed by atoms with E-state index in [4.69, 9.17) is 0 Å². The van der Waals surface area contributed by atoms with Crippen molar-refractivity contribution in [3.8, 4) is 0 Å². The van der Waals surface area contributed by atoms with Crippen LogP contribution in [0.25, 0.3) is 0 Å². The van der Waals surface area contributed by atoms with Gasteiger partial charge in [0, 0.05) is 6.26 Å². The molecule has 0 N–H and O–H groups in total. The number of hydrogen-bond acceptors (Lipinski definition) is 2. The lowest BCUT2D eigenvalue weighted by molar-refractivity contribution is 0.413. The molecule has 0 amide bonds. The highest BCUT2D eigenvalue weighted by molar-refractivity contribution is 9.10. The maximum absolute atomic E-state index is 13.0. The molecule has 15 heavy (non-hydrogen) atoms. The summed E-state index contributed by atoms with van der Waals surface area (Å²) in [6.45, 7) is 0. The smallest absolute Gasteiger partial charge is 0.181 e. The van der Waals surface area contributed by atoms with Gasteiger partial charge in [0.2, 0.25) is 0 Å². The largest absolute Gasteiger partial charge is 0.224 e. The molecule has 0 aromatic heterocycles. The molecule has 0 atom stereocenters. The second-order valence-corrected chi connectivity index (χ2v) is 5.42. The average Bonchev–Trinajstić information content (AvgIpc) is 2.09. The van der Waals surface area contributed by atoms with Crippen molar-refractivity contribution in [2.24, 2.45) is 0 Å². The Morgan fingerprint density at radius 2 is 1.27 bits per heavy atom. The zero-order valence-corrected chi connectivity index (χ0v) is 9.52. The van der Waals surface area contributed by atoms with Gasteiger partial charge in [-0.1, -0.05) is 0 Å². The molecule has 2 nitrogen and oxygen atoms in total. The number of rotatable bonds is 1. The van der Waals surface area contributed by atoms with Crippen LogP contribution in [0.5, 0.6) is 0 Å². The highest BCUT2D eigenvalue weighted by atomic mass is 79.9. The van der Waals surface area contributed by atoms with Gasteiger partial charge in [0.15, 0.2) is 33.1 Å². The van der Waals surface area contributed by atoms with Gasteiger partial charge >= 0.3 is 0 Å². The molecule has 0 aliphatic carbocycles. The fourth-order valence-corrected chi connectivity index (χ4v) is 2.09. The van der Waals surface area contributed by atoms with Gasteiger partial charge in [-0.05, 0) is 15.9 Å². The predicted molar refractivity (Wildman–Crippen MR) is 47.1 cm³/mol. The maximum Gasteiger partial charge on any atom is 0.181 e. The fourth-order valence-electron chi connectivity index (χ4n) is 0.910. The van der Waals surface area contributed by atoms with E-state index in [2.05, 4.69) is 15.9 Å². The maximum atomic E-state index is 13.0. The van der Waals surface area contributed by atoms with Gasteiger partial charge in [0.25, 0.3) is 0 Å². The summed E-state index contributed by atoms with van der Waals surface area (Å²) in [5, 5.41) is 0. The highest BCUT2D eigenvalue weighted by Crippen LogP contribution is 2.30. The number of sulfone groups is 1. The molecule has 0 unspecified atom stereocenters. The van der Waals surface area contributed by atoms with Crippen molar-refractivity contribution in [2.45, 2.75) is 4.90 Å². The van der Waals surface area contributed by atoms with E-state index in [0.29, 0.717) is 6.26 Å². The molecule has 0 aliphatic heterocycles. The number of halogens is 5. The molecule has 1 aromatic carbocycles. The summed E-state index contributed by atoms with van der Waals surface area (Å²) >= 11 is 2.26. The van der Waals surface area contributed by atoms with E-state index in [0.717, 1.165) is 0 Å². The first-order valence-electron chi connectivity index (χ1n) is 3.39. The Morgan fingerprint density at radius 3 is 1.53 bits per heavy atom. The van der Waals surface area contributed by atoms with Gasteiger partial charge in [-0.3, -0.25) is 0 Å². The molecule has 0 radical (unpaired) electrons. The van der Waals surface area contributed by atoms with Crippen LogP contribution >= 0.6 is 15.9 Å². The zero-order valence-electron chi connectivity index (χ0n) is 7.11. The van der Waals surface area contributed by atoms with Crippen molar-refractivity contribution < 1.29 is 26.0 Å². The molecule has 0 spiro atoms. The number of benzene rings is 1. The molecular formula is C7H3BrF4O2S. The van der Waals surface area contributed by atoms with Crippen LogP contribution in [0.3, 0.4) is 0 Å². The van der Waals surface area contributed by atoms with Crippen LogP contribution in [0.4, 0.5) is 17.6 Å². The monoisotopic (exact) mass is 306 g/mol. The van der Waals surface area contributed by atoms with E-state index in [9.17, 15) is 26.0 Å². The van der Waals surface area contributed by atoms with E-state index < -0.39 is 42.5 Å². The van der Waals surface area contributed by atoms with E-state index in [-0.39, 0.29) is 0 Å². The van der Waals surface area contributed by atoms with E-state index in [1.807, 2.05) is 0 Å². The predicted octanol–water partition coefficient (Wildman–Crippen LogP) is 2.41. The van der Waals surface area contributed by atoms with Crippen LogP contribution in [-0.4, -0.2) is 14.7 Å². The molecule has 0 saturated heterocycles. The first kappa shape index (κ1) is 12.4. The zero-order chi connectivity index (χ0) is 12.0. The molecule has 84 valence electrons. The first-order chi connectivity index (χ1) is 6.68. The van der Waals surface area contributed by atoms with Crippen LogP contribution < -0.4 is 0 Å². The standard InChI is InChI=1S/C7H3BrF4O2S/c1-15(13,14)7-5(11)3(9)2(8)4(10)6(7)12/h1H3. The van der Waals surface area contributed by atoms with Crippen molar-refractivity contribution in [1.82, 2.24) is 0 Å². The number of hydrogen-bond donors (Lipinski definition) is 0. The minimum absolute atomic E-state index is 0.446. The Labute approximate surface area is 91.0 Å². The van der Waals surface area contributed by atoms with Crippen LogP contribution in [0.15, 0.2) is 9.37 Å². The Morgan fingerprint density at radius 1 is 0.933 bits per heavy atom. The summed E-state index contributed by atoms with van der Waals surface area (Å²) < 4.78 is 72.4. The molecule has 0 bridgehead atoms. The van der Waals surface area contributed by atoms with Crippen molar-refractivity contribution >= 4 is 25.8 Å². The van der Waals surface area contributed by atoms with E-state index in [1.165, 1.54) is 0 Å². The lowest BCUT2D eigenvalue weighted by atomic mass is 10.3. The first-order valence-corrected chi connectivity index (χ1v) is 6.08. The van der Waals surface area contributed by atoms with Gasteiger partial charge in [-0.25, -0.2) is 26.0 Å². The second-order valence-electron chi connectivity index (χ2n) is 2.67. The Kier molecular flexibility index (Phi) is 3.11. The van der Waals surface area contributed by atoms with Crippen LogP contribution in [0, 0.1) is 23.3 Å². The summed E-state index contributed by atoms with van der Waals surface area (Å²) in [4.78, 5) is -1.61. The molecular weight excluding hydrogens is 304 g/mol. The molecule has 0 fully saturated rings. The van der Waals surface area contributed by atoms with Gasteiger partial charge < -0.3 is 0 Å². The summed E-state index contributed by atoms with van der Waals surface area (Å²) in [7, 11) is -4.38. The molecule has 0 saturated carbocycles. The van der Waals surface area contributed by atoms with Crippen molar-refractivity contribution in [1.29, 1.82) is 0 Å². The topological polar surface area (TPSA) is 34.1 Å². The van der Waals surface area contributed by atoms with E-state index >= 15 is 0 Å². The third-order valence-electron chi connectivity index (χ3n) is 1.54. The molecule has 1 rings (SSSR count). The molecule has 8 heteroatoms. The fraction of sp³-hybridized carbons (Fsp3) is 0.143. The van der Waals surface area contributed by atoms with Gasteiger partial charge in [-0.15, -0.1) is 0 Å². The quantitative estimate of drug-likeness (QED) is 0.454. The highest BCUT2D eigenvalue weighted by Gasteiger charge is 2.29. The third-order valence-corrected chi connectivity index (χ3v) is 3.34. The lowest BCUT2D eigenvalue weighted by Crippen LogP contribution is -2.09. The Hall–Kier alpha value is -0.630. The van der Waals surface area contributed by atoms with Crippen molar-refractivity contribution in [2.75, 3.05) is 6.26 Å². The van der Waals surface area contributed by atoms with Crippen molar-refractivity contribution in [3.05, 3.63) is 27.7 Å². The lowest BCUT2D eigenvalue weighted by Gasteiger charge is -2.06. The van der Waals surface area contributed by atoms with Gasteiger partial charge in [0.1, 0.15) is 4.90 Å². The normalized spacial score (nSPS) is 11.9. The van der Waals surface area contributed by atoms with Crippen LogP contribution in [0.1, 0.15) is 0 Å². The molecule has 0 aliphatic rings. The van der Waals surface area contributed by atoms with Gasteiger partial charge in [0.05, 0.1) is 4.47 Å². The summed E-state index contributed by atoms with van der Waals surface area (Å²) in [5.74, 6) is -7.45. The van der Waals surface area contributed by atoms with Gasteiger partial charge in [-0.2, -0.15) is 0 Å². The minimum Gasteiger partial charge on any atom is -0.224 e. The van der Waals surface area contributed by atoms with Crippen LogP contribution in [-0.2, 0) is 9.84 Å². The summed E-state index contributed by atoms with van der Waals surface area (Å²) in [6, 6.07) is 0. The molecule has 1 aromatic rings. The van der Waals surface area contributed by atoms with E-state index in [1.54, 1.807) is 0 Å². The average molecular weight is 307 g/mol. The third kappa shape index (κ3) is 2.00. The molecule has 0 heterocycles. The second kappa shape index (κ2) is 3.75. The minimum atomic E-state index is -4.38. The summed E-state index contributed by atoms with van der Waals surface area (Å²) in [5.41, 5.74) is 0. The van der Waals surface area contributed by atoms with Crippen LogP contribution in [0.2, 0.25) is 0 Å². The Bertz CT molecular complexity index is 497. The summed E-state index contributed by atoms with van der Waals surface area (Å²) in [6.07, 6.45) is 0.446. The Balaban J connectivity index is 3.84. The van der Waals surface area contributed by atoms with Crippen molar-refractivity contribution in [3.63, 3.8) is 0 Å². The SMILES string of the molecule is CS(=O)(=O)c1c(F)c(F)c(Br)c(F)c1F.